The van der Waals surface area contributed by atoms with E-state index in [0.29, 0.717) is 43.9 Å². The third-order valence-corrected chi connectivity index (χ3v) is 7.58. The van der Waals surface area contributed by atoms with Crippen LogP contribution in [0.2, 0.25) is 0 Å². The van der Waals surface area contributed by atoms with Gasteiger partial charge >= 0.3 is 5.69 Å². The molecule has 1 saturated heterocycles. The number of nitrogens with zero attached hydrogens (tertiary/aromatic N) is 3. The number of morpholine rings is 1. The number of carbonyl (C=O) groups excluding carboxylic acids is 1. The van der Waals surface area contributed by atoms with E-state index in [1.807, 2.05) is 25.1 Å². The number of nitrogens with one attached hydrogen (secondary N) is 1. The quantitative estimate of drug-likeness (QED) is 0.572. The summed E-state index contributed by atoms with van der Waals surface area (Å²) in [6.45, 7) is 3.59. The van der Waals surface area contributed by atoms with Crippen molar-refractivity contribution in [3.63, 3.8) is 0 Å². The second-order valence-electron chi connectivity index (χ2n) is 7.50. The van der Waals surface area contributed by atoms with Gasteiger partial charge in [-0.3, -0.25) is 13.9 Å². The molecule has 170 valence electrons. The number of sulfonamides is 1. The summed E-state index contributed by atoms with van der Waals surface area (Å²) in [6, 6.07) is 14.0. The van der Waals surface area contributed by atoms with Gasteiger partial charge in [-0.25, -0.2) is 13.2 Å². The molecule has 3 aromatic rings. The summed E-state index contributed by atoms with van der Waals surface area (Å²) in [7, 11) is -3.69. The van der Waals surface area contributed by atoms with E-state index in [0.717, 1.165) is 5.52 Å². The Bertz CT molecular complexity index is 1290. The molecule has 1 fully saturated rings. The lowest BCUT2D eigenvalue weighted by atomic mass is 10.2. The molecule has 0 bridgehead atoms. The van der Waals surface area contributed by atoms with Gasteiger partial charge in [-0.1, -0.05) is 30.3 Å². The first-order valence-corrected chi connectivity index (χ1v) is 12.0. The van der Waals surface area contributed by atoms with Gasteiger partial charge in [-0.05, 0) is 30.7 Å². The van der Waals surface area contributed by atoms with Crippen LogP contribution >= 0.6 is 0 Å². The zero-order valence-electron chi connectivity index (χ0n) is 17.9. The number of ether oxygens (including phenoxy) is 1. The van der Waals surface area contributed by atoms with Gasteiger partial charge in [0.2, 0.25) is 15.9 Å². The molecule has 10 heteroatoms. The highest BCUT2D eigenvalue weighted by Crippen LogP contribution is 2.21. The molecule has 1 aromatic heterocycles. The largest absolute Gasteiger partial charge is 0.379 e. The third kappa shape index (κ3) is 4.21. The lowest BCUT2D eigenvalue weighted by molar-refractivity contribution is -0.121. The van der Waals surface area contributed by atoms with E-state index in [4.69, 9.17) is 4.74 Å². The van der Waals surface area contributed by atoms with Gasteiger partial charge in [0.25, 0.3) is 0 Å². The first-order chi connectivity index (χ1) is 15.4. The minimum Gasteiger partial charge on any atom is -0.379 e. The molecule has 0 saturated carbocycles. The van der Waals surface area contributed by atoms with Gasteiger partial charge < -0.3 is 10.1 Å². The van der Waals surface area contributed by atoms with Crippen molar-refractivity contribution in [2.75, 3.05) is 26.3 Å². The highest BCUT2D eigenvalue weighted by molar-refractivity contribution is 7.89. The molecule has 32 heavy (non-hydrogen) atoms. The van der Waals surface area contributed by atoms with Crippen LogP contribution in [0.4, 0.5) is 0 Å². The molecule has 2 heterocycles. The Balaban J connectivity index is 1.52. The number of carbonyl (C=O) groups is 1. The molecule has 0 unspecified atom stereocenters. The SMILES string of the molecule is CCn1c(=O)n(CC(=O)NCc2ccccc2S(=O)(=O)N2CCOCC2)c2ccccc21. The molecular weight excluding hydrogens is 432 g/mol. The molecular formula is C22H26N4O5S. The van der Waals surface area contributed by atoms with E-state index in [1.54, 1.807) is 34.9 Å². The number of fused-ring (bicyclic) bond motifs is 1. The molecule has 4 rings (SSSR count). The molecule has 1 N–H and O–H groups in total. The van der Waals surface area contributed by atoms with Crippen LogP contribution in [0.1, 0.15) is 12.5 Å². The fourth-order valence-electron chi connectivity index (χ4n) is 3.95. The number of imidazole rings is 1. The van der Waals surface area contributed by atoms with Crippen molar-refractivity contribution in [2.24, 2.45) is 0 Å². The van der Waals surface area contributed by atoms with E-state index >= 15 is 0 Å². The summed E-state index contributed by atoms with van der Waals surface area (Å²) in [5.74, 6) is -0.371. The zero-order chi connectivity index (χ0) is 22.7. The van der Waals surface area contributed by atoms with Crippen LogP contribution in [0, 0.1) is 0 Å². The molecule has 1 amide bonds. The summed E-state index contributed by atoms with van der Waals surface area (Å²) in [6.07, 6.45) is 0. The van der Waals surface area contributed by atoms with Crippen molar-refractivity contribution in [3.8, 4) is 0 Å². The van der Waals surface area contributed by atoms with Crippen molar-refractivity contribution in [2.45, 2.75) is 31.5 Å². The summed E-state index contributed by atoms with van der Waals surface area (Å²) >= 11 is 0. The van der Waals surface area contributed by atoms with Crippen molar-refractivity contribution in [1.29, 1.82) is 0 Å². The van der Waals surface area contributed by atoms with E-state index in [1.165, 1.54) is 8.87 Å². The number of para-hydroxylation sites is 2. The number of amides is 1. The number of aromatic nitrogens is 2. The van der Waals surface area contributed by atoms with E-state index in [2.05, 4.69) is 5.32 Å². The van der Waals surface area contributed by atoms with Gasteiger partial charge in [0.1, 0.15) is 6.54 Å². The number of hydrogen-bond acceptors (Lipinski definition) is 5. The van der Waals surface area contributed by atoms with Crippen LogP contribution in [0.3, 0.4) is 0 Å². The molecule has 2 aromatic carbocycles. The Morgan fingerprint density at radius 3 is 2.31 bits per heavy atom. The highest BCUT2D eigenvalue weighted by Gasteiger charge is 2.28. The molecule has 9 nitrogen and oxygen atoms in total. The Kier molecular flexibility index (Phi) is 6.45. The van der Waals surface area contributed by atoms with Crippen LogP contribution in [0.5, 0.6) is 0 Å². The minimum atomic E-state index is -3.69. The summed E-state index contributed by atoms with van der Waals surface area (Å²) in [5.41, 5.74) is 1.70. The smallest absolute Gasteiger partial charge is 0.329 e. The average Bonchev–Trinajstić information content (AvgIpc) is 3.09. The van der Waals surface area contributed by atoms with Crippen LogP contribution in [0.25, 0.3) is 11.0 Å². The van der Waals surface area contributed by atoms with E-state index in [-0.39, 0.29) is 29.6 Å². The first-order valence-electron chi connectivity index (χ1n) is 10.5. The molecule has 1 aliphatic rings. The predicted octanol–water partition coefficient (Wildman–Crippen LogP) is 1.16. The fraction of sp³-hybridized carbons (Fsp3) is 0.364. The zero-order valence-corrected chi connectivity index (χ0v) is 18.7. The Labute approximate surface area is 186 Å². The summed E-state index contributed by atoms with van der Waals surface area (Å²) in [5, 5.41) is 2.77. The Morgan fingerprint density at radius 1 is 1.00 bits per heavy atom. The maximum atomic E-state index is 13.1. The molecule has 0 aliphatic carbocycles. The van der Waals surface area contributed by atoms with Crippen LogP contribution in [-0.2, 0) is 39.2 Å². The number of rotatable bonds is 7. The van der Waals surface area contributed by atoms with Crippen molar-refractivity contribution < 1.29 is 17.9 Å². The fourth-order valence-corrected chi connectivity index (χ4v) is 5.58. The lowest BCUT2D eigenvalue weighted by Gasteiger charge is -2.27. The maximum Gasteiger partial charge on any atom is 0.329 e. The van der Waals surface area contributed by atoms with Crippen molar-refractivity contribution in [1.82, 2.24) is 18.8 Å². The number of hydrogen-bond donors (Lipinski definition) is 1. The normalized spacial score (nSPS) is 15.2. The van der Waals surface area contributed by atoms with Gasteiger partial charge in [-0.2, -0.15) is 4.31 Å². The van der Waals surface area contributed by atoms with E-state index < -0.39 is 10.0 Å². The van der Waals surface area contributed by atoms with Gasteiger partial charge in [0.05, 0.1) is 29.1 Å². The maximum absolute atomic E-state index is 13.1. The summed E-state index contributed by atoms with van der Waals surface area (Å²) in [4.78, 5) is 25.6. The lowest BCUT2D eigenvalue weighted by Crippen LogP contribution is -2.41. The number of benzene rings is 2. The Morgan fingerprint density at radius 2 is 1.62 bits per heavy atom. The molecule has 0 spiro atoms. The standard InChI is InChI=1S/C22H26N4O5S/c1-2-25-18-8-4-5-9-19(18)26(22(25)28)16-21(27)23-15-17-7-3-6-10-20(17)32(29,30)24-11-13-31-14-12-24/h3-10H,2,11-16H2,1H3,(H,23,27). The van der Waals surface area contributed by atoms with Gasteiger partial charge in [0.15, 0.2) is 0 Å². The topological polar surface area (TPSA) is 103 Å². The second-order valence-corrected chi connectivity index (χ2v) is 9.41. The molecule has 0 radical (unpaired) electrons. The van der Waals surface area contributed by atoms with Crippen molar-refractivity contribution >= 4 is 27.0 Å². The number of aryl methyl sites for hydroxylation is 1. The summed E-state index contributed by atoms with van der Waals surface area (Å²) < 4.78 is 35.9. The predicted molar refractivity (Wildman–Crippen MR) is 120 cm³/mol. The van der Waals surface area contributed by atoms with Crippen LogP contribution in [0.15, 0.2) is 58.2 Å². The monoisotopic (exact) mass is 458 g/mol. The second kappa shape index (κ2) is 9.27. The van der Waals surface area contributed by atoms with Crippen LogP contribution < -0.4 is 11.0 Å². The first kappa shape index (κ1) is 22.3. The molecule has 0 atom stereocenters. The van der Waals surface area contributed by atoms with Gasteiger partial charge in [-0.15, -0.1) is 0 Å². The van der Waals surface area contributed by atoms with E-state index in [9.17, 15) is 18.0 Å². The third-order valence-electron chi connectivity index (χ3n) is 5.58. The molecule has 1 aliphatic heterocycles. The van der Waals surface area contributed by atoms with Crippen molar-refractivity contribution in [3.05, 3.63) is 64.6 Å². The van der Waals surface area contributed by atoms with Gasteiger partial charge in [0, 0.05) is 26.2 Å². The highest BCUT2D eigenvalue weighted by atomic mass is 32.2. The van der Waals surface area contributed by atoms with Crippen LogP contribution in [-0.4, -0.2) is 54.1 Å². The average molecular weight is 459 g/mol. The Hall–Kier alpha value is -2.95. The minimum absolute atomic E-state index is 0.0414.